The van der Waals surface area contributed by atoms with Crippen LogP contribution in [0.25, 0.3) is 22.6 Å². The van der Waals surface area contributed by atoms with Gasteiger partial charge in [-0.2, -0.15) is 0 Å². The second kappa shape index (κ2) is 9.81. The molecule has 5 rings (SSSR count). The molecule has 2 heterocycles. The number of amides is 1. The Morgan fingerprint density at radius 1 is 1.08 bits per heavy atom. The van der Waals surface area contributed by atoms with Crippen molar-refractivity contribution < 1.29 is 17.9 Å². The first-order valence-corrected chi connectivity index (χ1v) is 13.9. The monoisotopic (exact) mass is 520 g/mol. The van der Waals surface area contributed by atoms with Crippen LogP contribution in [-0.4, -0.2) is 47.2 Å². The molecule has 4 aromatic rings. The van der Waals surface area contributed by atoms with E-state index in [1.807, 2.05) is 22.8 Å². The van der Waals surface area contributed by atoms with E-state index in [2.05, 4.69) is 15.3 Å². The lowest BCUT2D eigenvalue weighted by molar-refractivity contribution is -0.121. The molecule has 0 unspecified atom stereocenters. The number of rotatable bonds is 6. The van der Waals surface area contributed by atoms with Crippen LogP contribution in [0, 0.1) is 5.92 Å². The highest BCUT2D eigenvalue weighted by atomic mass is 32.2. The zero-order valence-corrected chi connectivity index (χ0v) is 21.4. The zero-order chi connectivity index (χ0) is 26.2. The molecular weight excluding hydrogens is 492 g/mol. The van der Waals surface area contributed by atoms with Crippen molar-refractivity contribution in [1.82, 2.24) is 19.5 Å². The first-order valence-electron chi connectivity index (χ1n) is 12.0. The Morgan fingerprint density at radius 3 is 2.57 bits per heavy atom. The summed E-state index contributed by atoms with van der Waals surface area (Å²) in [6.45, 7) is 0. The molecule has 0 saturated heterocycles. The Labute approximate surface area is 214 Å². The van der Waals surface area contributed by atoms with Gasteiger partial charge in [-0.15, -0.1) is 0 Å². The Morgan fingerprint density at radius 2 is 1.84 bits per heavy atom. The van der Waals surface area contributed by atoms with E-state index in [9.17, 15) is 13.2 Å². The number of benzene rings is 2. The van der Waals surface area contributed by atoms with Crippen molar-refractivity contribution in [3.05, 3.63) is 54.9 Å². The molecule has 1 aliphatic rings. The van der Waals surface area contributed by atoms with Crippen LogP contribution in [0.15, 0.2) is 59.8 Å². The summed E-state index contributed by atoms with van der Waals surface area (Å²) in [6.07, 6.45) is 5.89. The number of imidazole rings is 1. The van der Waals surface area contributed by atoms with E-state index in [1.165, 1.54) is 6.07 Å². The minimum Gasteiger partial charge on any atom is -0.497 e. The number of nitrogens with zero attached hydrogens (tertiary/aromatic N) is 4. The first-order chi connectivity index (χ1) is 17.7. The molecule has 11 heteroatoms. The molecule has 2 aromatic carbocycles. The van der Waals surface area contributed by atoms with Gasteiger partial charge in [-0.3, -0.25) is 4.79 Å². The number of carbonyl (C=O) groups excluding carboxylic acids is 1. The number of sulfone groups is 1. The third-order valence-corrected chi connectivity index (χ3v) is 7.88. The molecule has 10 nitrogen and oxygen atoms in total. The molecule has 2 aromatic heterocycles. The second-order valence-corrected chi connectivity index (χ2v) is 11.3. The van der Waals surface area contributed by atoms with Crippen molar-refractivity contribution in [2.75, 3.05) is 24.4 Å². The normalized spacial score (nSPS) is 18.0. The Hall–Kier alpha value is -3.99. The number of carbonyl (C=O) groups is 1. The number of hydrogen-bond acceptors (Lipinski definition) is 8. The number of fused-ring (bicyclic) bond motifs is 1. The predicted molar refractivity (Wildman–Crippen MR) is 141 cm³/mol. The third-order valence-electron chi connectivity index (χ3n) is 6.77. The second-order valence-electron chi connectivity index (χ2n) is 9.28. The number of ether oxygens (including phenoxy) is 1. The Balaban J connectivity index is 1.34. The molecule has 0 spiro atoms. The van der Waals surface area contributed by atoms with Crippen LogP contribution in [0.2, 0.25) is 0 Å². The highest BCUT2D eigenvalue weighted by Gasteiger charge is 2.29. The van der Waals surface area contributed by atoms with Crippen LogP contribution in [0.4, 0.5) is 11.5 Å². The van der Waals surface area contributed by atoms with Gasteiger partial charge in [0.25, 0.3) is 0 Å². The maximum absolute atomic E-state index is 12.9. The molecular formula is C26H28N6O4S. The molecule has 1 saturated carbocycles. The molecule has 0 radical (unpaired) electrons. The highest BCUT2D eigenvalue weighted by molar-refractivity contribution is 7.90. The van der Waals surface area contributed by atoms with Crippen LogP contribution in [0.5, 0.6) is 5.75 Å². The molecule has 3 N–H and O–H groups in total. The highest BCUT2D eigenvalue weighted by Crippen LogP contribution is 2.35. The number of nitrogen functional groups attached to an aromatic ring is 1. The summed E-state index contributed by atoms with van der Waals surface area (Å²) < 4.78 is 31.2. The lowest BCUT2D eigenvalue weighted by Crippen LogP contribution is -2.28. The van der Waals surface area contributed by atoms with Crippen molar-refractivity contribution in [2.45, 2.75) is 36.6 Å². The predicted octanol–water partition coefficient (Wildman–Crippen LogP) is 3.86. The van der Waals surface area contributed by atoms with E-state index < -0.39 is 9.84 Å². The summed E-state index contributed by atoms with van der Waals surface area (Å²) in [5.74, 6) is 1.17. The molecule has 1 fully saturated rings. The quantitative estimate of drug-likeness (QED) is 0.390. The average molecular weight is 521 g/mol. The van der Waals surface area contributed by atoms with Crippen molar-refractivity contribution >= 4 is 38.4 Å². The number of methoxy groups -OCH3 is 1. The smallest absolute Gasteiger partial charge is 0.227 e. The van der Waals surface area contributed by atoms with Gasteiger partial charge >= 0.3 is 0 Å². The molecule has 0 aliphatic heterocycles. The van der Waals surface area contributed by atoms with Crippen LogP contribution in [0.1, 0.15) is 31.7 Å². The molecule has 1 amide bonds. The number of aromatic nitrogens is 4. The third kappa shape index (κ3) is 5.12. The van der Waals surface area contributed by atoms with Crippen LogP contribution >= 0.6 is 0 Å². The van der Waals surface area contributed by atoms with Gasteiger partial charge in [0.15, 0.2) is 27.1 Å². The van der Waals surface area contributed by atoms with E-state index >= 15 is 0 Å². The van der Waals surface area contributed by atoms with Crippen LogP contribution in [0.3, 0.4) is 0 Å². The molecule has 1 aliphatic carbocycles. The summed E-state index contributed by atoms with van der Waals surface area (Å²) >= 11 is 0. The fourth-order valence-corrected chi connectivity index (χ4v) is 5.43. The van der Waals surface area contributed by atoms with Crippen molar-refractivity contribution in [2.24, 2.45) is 5.92 Å². The molecule has 0 bridgehead atoms. The van der Waals surface area contributed by atoms with Crippen molar-refractivity contribution in [3.8, 4) is 17.1 Å². The van der Waals surface area contributed by atoms with Crippen LogP contribution < -0.4 is 15.8 Å². The summed E-state index contributed by atoms with van der Waals surface area (Å²) in [7, 11) is -1.79. The van der Waals surface area contributed by atoms with Crippen molar-refractivity contribution in [1.29, 1.82) is 0 Å². The zero-order valence-electron chi connectivity index (χ0n) is 20.6. The standard InChI is InChI=1S/C26H28N6O4S/c1-36-20-7-4-6-18(14-20)29-26(33)16-9-11-19(12-10-16)32-15-28-22-23(27)30-24(31-25(22)32)17-5-3-8-21(13-17)37(2,34)35/h3-8,13-16,19H,9-12H2,1-2H3,(H,29,33)(H2,27,30,31). The summed E-state index contributed by atoms with van der Waals surface area (Å²) in [4.78, 5) is 26.6. The van der Waals surface area contributed by atoms with Gasteiger partial charge < -0.3 is 20.4 Å². The molecule has 192 valence electrons. The maximum Gasteiger partial charge on any atom is 0.227 e. The lowest BCUT2D eigenvalue weighted by atomic mass is 9.85. The van der Waals surface area contributed by atoms with E-state index in [1.54, 1.807) is 37.7 Å². The van der Waals surface area contributed by atoms with Gasteiger partial charge in [-0.05, 0) is 49.9 Å². The maximum atomic E-state index is 12.9. The molecule has 0 atom stereocenters. The fraction of sp³-hybridized carbons (Fsp3) is 0.308. The van der Waals surface area contributed by atoms with Gasteiger partial charge in [-0.1, -0.05) is 18.2 Å². The van der Waals surface area contributed by atoms with E-state index in [4.69, 9.17) is 15.5 Å². The topological polar surface area (TPSA) is 142 Å². The van der Waals surface area contributed by atoms with Gasteiger partial charge in [0.05, 0.1) is 18.3 Å². The molecule has 37 heavy (non-hydrogen) atoms. The minimum atomic E-state index is -3.38. The van der Waals surface area contributed by atoms with E-state index in [-0.39, 0.29) is 28.6 Å². The van der Waals surface area contributed by atoms with E-state index in [0.717, 1.165) is 31.9 Å². The van der Waals surface area contributed by atoms with Gasteiger partial charge in [0, 0.05) is 35.5 Å². The summed E-state index contributed by atoms with van der Waals surface area (Å²) in [5, 5.41) is 3.00. The van der Waals surface area contributed by atoms with Gasteiger partial charge in [0.1, 0.15) is 11.3 Å². The summed E-state index contributed by atoms with van der Waals surface area (Å²) in [5.41, 5.74) is 8.58. The first kappa shape index (κ1) is 24.7. The van der Waals surface area contributed by atoms with Crippen LogP contribution in [-0.2, 0) is 14.6 Å². The minimum absolute atomic E-state index is 0.00167. The number of anilines is 2. The van der Waals surface area contributed by atoms with Gasteiger partial charge in [0.2, 0.25) is 5.91 Å². The fourth-order valence-electron chi connectivity index (χ4n) is 4.76. The lowest BCUT2D eigenvalue weighted by Gasteiger charge is -2.28. The number of hydrogen-bond donors (Lipinski definition) is 2. The van der Waals surface area contributed by atoms with Crippen molar-refractivity contribution in [3.63, 3.8) is 0 Å². The number of nitrogens with two attached hydrogens (primary N) is 1. The Kier molecular flexibility index (Phi) is 6.55. The number of nitrogens with one attached hydrogen (secondary N) is 1. The van der Waals surface area contributed by atoms with E-state index in [0.29, 0.717) is 34.0 Å². The largest absolute Gasteiger partial charge is 0.497 e. The summed E-state index contributed by atoms with van der Waals surface area (Å²) in [6, 6.07) is 13.9. The average Bonchev–Trinajstić information content (AvgIpc) is 3.33. The Bertz CT molecular complexity index is 1580. The SMILES string of the molecule is COc1cccc(NC(=O)C2CCC(n3cnc4c(N)nc(-c5cccc(S(C)(=O)=O)c5)nc43)CC2)c1. The van der Waals surface area contributed by atoms with Gasteiger partial charge in [-0.25, -0.2) is 23.4 Å².